The Labute approximate surface area is 109 Å². The number of halogens is 1. The van der Waals surface area contributed by atoms with Gasteiger partial charge in [-0.25, -0.2) is 0 Å². The molecule has 0 saturated carbocycles. The van der Waals surface area contributed by atoms with Crippen molar-refractivity contribution in [3.8, 4) is 0 Å². The first-order valence-electron chi connectivity index (χ1n) is 4.55. The number of methoxy groups -OCH3 is 1. The van der Waals surface area contributed by atoms with Gasteiger partial charge in [-0.3, -0.25) is 4.72 Å². The maximum atomic E-state index is 11.5. The molecule has 0 saturated heterocycles. The second-order valence-electron chi connectivity index (χ2n) is 3.00. The molecule has 5 nitrogen and oxygen atoms in total. The average molecular weight is 356 g/mol. The number of rotatable bonds is 6. The molecule has 0 amide bonds. The Morgan fingerprint density at radius 1 is 1.44 bits per heavy atom. The molecule has 90 valence electrons. The molecule has 0 aliphatic rings. The van der Waals surface area contributed by atoms with Gasteiger partial charge in [-0.2, -0.15) is 13.1 Å². The zero-order chi connectivity index (χ0) is 12.0. The molecule has 1 aromatic carbocycles. The summed E-state index contributed by atoms with van der Waals surface area (Å²) in [6.07, 6.45) is 0. The first kappa shape index (κ1) is 13.7. The van der Waals surface area contributed by atoms with Gasteiger partial charge in [-0.15, -0.1) is 0 Å². The van der Waals surface area contributed by atoms with Crippen molar-refractivity contribution in [3.63, 3.8) is 0 Å². The Morgan fingerprint density at radius 3 is 2.81 bits per heavy atom. The lowest BCUT2D eigenvalue weighted by Crippen LogP contribution is -2.32. The van der Waals surface area contributed by atoms with Gasteiger partial charge < -0.3 is 4.74 Å². The predicted molar refractivity (Wildman–Crippen MR) is 71.6 cm³/mol. The number of hydrogen-bond acceptors (Lipinski definition) is 3. The first-order chi connectivity index (χ1) is 7.53. The van der Waals surface area contributed by atoms with Gasteiger partial charge in [-0.05, 0) is 40.8 Å². The van der Waals surface area contributed by atoms with Crippen LogP contribution in [0, 0.1) is 3.57 Å². The minimum atomic E-state index is -3.51. The van der Waals surface area contributed by atoms with E-state index >= 15 is 0 Å². The molecule has 0 aromatic heterocycles. The lowest BCUT2D eigenvalue weighted by atomic mass is 10.3. The van der Waals surface area contributed by atoms with E-state index in [4.69, 9.17) is 4.74 Å². The number of hydrogen-bond donors (Lipinski definition) is 2. The Morgan fingerprint density at radius 2 is 2.19 bits per heavy atom. The third-order valence-corrected chi connectivity index (χ3v) is 3.43. The highest BCUT2D eigenvalue weighted by Crippen LogP contribution is 2.13. The maximum Gasteiger partial charge on any atom is 0.299 e. The maximum absolute atomic E-state index is 11.5. The molecule has 0 spiro atoms. The molecule has 16 heavy (non-hydrogen) atoms. The largest absolute Gasteiger partial charge is 0.383 e. The van der Waals surface area contributed by atoms with Crippen LogP contribution in [-0.2, 0) is 14.9 Å². The summed E-state index contributed by atoms with van der Waals surface area (Å²) in [5.74, 6) is 0. The smallest absolute Gasteiger partial charge is 0.299 e. The van der Waals surface area contributed by atoms with Gasteiger partial charge >= 0.3 is 0 Å². The van der Waals surface area contributed by atoms with Crippen molar-refractivity contribution in [2.45, 2.75) is 0 Å². The minimum Gasteiger partial charge on any atom is -0.383 e. The monoisotopic (exact) mass is 356 g/mol. The topological polar surface area (TPSA) is 67.4 Å². The molecule has 0 aliphatic carbocycles. The number of nitrogens with one attached hydrogen (secondary N) is 2. The molecule has 1 rings (SSSR count). The van der Waals surface area contributed by atoms with Crippen LogP contribution in [0.2, 0.25) is 0 Å². The van der Waals surface area contributed by atoms with E-state index in [1.807, 2.05) is 6.07 Å². The van der Waals surface area contributed by atoms with Gasteiger partial charge in [0.25, 0.3) is 10.2 Å². The Hall–Kier alpha value is -0.380. The quantitative estimate of drug-likeness (QED) is 0.594. The molecule has 0 bridgehead atoms. The molecule has 0 fully saturated rings. The fourth-order valence-electron chi connectivity index (χ4n) is 1.02. The summed E-state index contributed by atoms with van der Waals surface area (Å²) in [4.78, 5) is 0. The summed E-state index contributed by atoms with van der Waals surface area (Å²) in [7, 11) is -1.99. The molecule has 0 unspecified atom stereocenters. The summed E-state index contributed by atoms with van der Waals surface area (Å²) < 4.78 is 33.5. The van der Waals surface area contributed by atoms with Crippen molar-refractivity contribution in [2.24, 2.45) is 0 Å². The second kappa shape index (κ2) is 6.38. The van der Waals surface area contributed by atoms with E-state index in [1.165, 1.54) is 7.11 Å². The number of ether oxygens (including phenoxy) is 1. The van der Waals surface area contributed by atoms with E-state index in [1.54, 1.807) is 18.2 Å². The zero-order valence-corrected chi connectivity index (χ0v) is 11.7. The van der Waals surface area contributed by atoms with Crippen molar-refractivity contribution >= 4 is 38.5 Å². The molecular formula is C9H13IN2O3S. The van der Waals surface area contributed by atoms with E-state index < -0.39 is 10.2 Å². The van der Waals surface area contributed by atoms with Crippen LogP contribution in [0.3, 0.4) is 0 Å². The standard InChI is InChI=1S/C9H13IN2O3S/c1-15-6-5-11-16(13,14)12-9-4-2-3-8(10)7-9/h2-4,7,11-12H,5-6H2,1H3. The van der Waals surface area contributed by atoms with E-state index in [-0.39, 0.29) is 6.54 Å². The minimum absolute atomic E-state index is 0.246. The van der Waals surface area contributed by atoms with Crippen LogP contribution in [-0.4, -0.2) is 28.7 Å². The van der Waals surface area contributed by atoms with Crippen LogP contribution in [0.25, 0.3) is 0 Å². The van der Waals surface area contributed by atoms with Gasteiger partial charge in [0.05, 0.1) is 12.3 Å². The number of anilines is 1. The third kappa shape index (κ3) is 5.10. The molecule has 0 heterocycles. The molecule has 1 aromatic rings. The van der Waals surface area contributed by atoms with Gasteiger partial charge in [0.1, 0.15) is 0 Å². The van der Waals surface area contributed by atoms with Crippen LogP contribution in [0.4, 0.5) is 5.69 Å². The van der Waals surface area contributed by atoms with E-state index in [0.717, 1.165) is 3.57 Å². The predicted octanol–water partition coefficient (Wildman–Crippen LogP) is 1.18. The first-order valence-corrected chi connectivity index (χ1v) is 7.11. The van der Waals surface area contributed by atoms with Crippen LogP contribution in [0.5, 0.6) is 0 Å². The normalized spacial score (nSPS) is 11.4. The van der Waals surface area contributed by atoms with Crippen molar-refractivity contribution in [3.05, 3.63) is 27.8 Å². The molecule has 0 aliphatic heterocycles. The molecule has 2 N–H and O–H groups in total. The second-order valence-corrected chi connectivity index (χ2v) is 5.75. The number of benzene rings is 1. The highest BCUT2D eigenvalue weighted by Gasteiger charge is 2.08. The van der Waals surface area contributed by atoms with Crippen LogP contribution in [0.15, 0.2) is 24.3 Å². The lowest BCUT2D eigenvalue weighted by Gasteiger charge is -2.08. The van der Waals surface area contributed by atoms with Crippen molar-refractivity contribution < 1.29 is 13.2 Å². The fourth-order valence-corrected chi connectivity index (χ4v) is 2.43. The molecular weight excluding hydrogens is 343 g/mol. The molecule has 0 radical (unpaired) electrons. The van der Waals surface area contributed by atoms with Crippen molar-refractivity contribution in [2.75, 3.05) is 25.0 Å². The van der Waals surface area contributed by atoms with E-state index in [0.29, 0.717) is 12.3 Å². The molecule has 7 heteroatoms. The van der Waals surface area contributed by atoms with Gasteiger partial charge in [0, 0.05) is 17.2 Å². The Bertz CT molecular complexity index is 436. The fraction of sp³-hybridized carbons (Fsp3) is 0.333. The van der Waals surface area contributed by atoms with Gasteiger partial charge in [0.15, 0.2) is 0 Å². The SMILES string of the molecule is COCCNS(=O)(=O)Nc1cccc(I)c1. The third-order valence-electron chi connectivity index (χ3n) is 1.68. The summed E-state index contributed by atoms with van der Waals surface area (Å²) in [6.45, 7) is 0.586. The van der Waals surface area contributed by atoms with Crippen molar-refractivity contribution in [1.82, 2.24) is 4.72 Å². The van der Waals surface area contributed by atoms with E-state index in [9.17, 15) is 8.42 Å². The molecule has 0 atom stereocenters. The van der Waals surface area contributed by atoms with Gasteiger partial charge in [0.2, 0.25) is 0 Å². The summed E-state index contributed by atoms with van der Waals surface area (Å²) in [5.41, 5.74) is 0.539. The summed E-state index contributed by atoms with van der Waals surface area (Å²) >= 11 is 2.12. The van der Waals surface area contributed by atoms with Crippen molar-refractivity contribution in [1.29, 1.82) is 0 Å². The lowest BCUT2D eigenvalue weighted by molar-refractivity contribution is 0.204. The average Bonchev–Trinajstić information content (AvgIpc) is 2.17. The Balaban J connectivity index is 2.59. The Kier molecular flexibility index (Phi) is 5.46. The van der Waals surface area contributed by atoms with Gasteiger partial charge in [-0.1, -0.05) is 6.07 Å². The summed E-state index contributed by atoms with van der Waals surface area (Å²) in [5, 5.41) is 0. The highest BCUT2D eigenvalue weighted by atomic mass is 127. The van der Waals surface area contributed by atoms with Crippen LogP contribution < -0.4 is 9.44 Å². The van der Waals surface area contributed by atoms with Crippen LogP contribution in [0.1, 0.15) is 0 Å². The zero-order valence-electron chi connectivity index (χ0n) is 8.73. The highest BCUT2D eigenvalue weighted by molar-refractivity contribution is 14.1. The van der Waals surface area contributed by atoms with Crippen LogP contribution >= 0.6 is 22.6 Å². The summed E-state index contributed by atoms with van der Waals surface area (Å²) in [6, 6.07) is 7.11. The van der Waals surface area contributed by atoms with E-state index in [2.05, 4.69) is 32.0 Å².